The van der Waals surface area contributed by atoms with Gasteiger partial charge in [0.05, 0.1) is 10.6 Å². The predicted octanol–water partition coefficient (Wildman–Crippen LogP) is 6.09. The Bertz CT molecular complexity index is 1410. The smallest absolute Gasteiger partial charge is 0.264 e. The third-order valence-corrected chi connectivity index (χ3v) is 8.70. The van der Waals surface area contributed by atoms with Crippen LogP contribution in [0.5, 0.6) is 0 Å². The van der Waals surface area contributed by atoms with E-state index in [9.17, 15) is 18.0 Å². The van der Waals surface area contributed by atoms with E-state index in [0.29, 0.717) is 33.6 Å². The van der Waals surface area contributed by atoms with Gasteiger partial charge in [-0.15, -0.1) is 0 Å². The average Bonchev–Trinajstić information content (AvgIpc) is 2.90. The van der Waals surface area contributed by atoms with Crippen LogP contribution in [0.3, 0.4) is 0 Å². The van der Waals surface area contributed by atoms with Gasteiger partial charge >= 0.3 is 0 Å². The van der Waals surface area contributed by atoms with Crippen molar-refractivity contribution in [2.75, 3.05) is 17.4 Å². The number of hydrogen-bond donors (Lipinski definition) is 1. The van der Waals surface area contributed by atoms with E-state index in [1.54, 1.807) is 49.4 Å². The van der Waals surface area contributed by atoms with Crippen molar-refractivity contribution in [2.24, 2.45) is 0 Å². The zero-order valence-corrected chi connectivity index (χ0v) is 24.9. The first-order valence-electron chi connectivity index (χ1n) is 12.3. The Morgan fingerprint density at radius 1 is 0.923 bits per heavy atom. The highest BCUT2D eigenvalue weighted by Gasteiger charge is 2.32. The third-order valence-electron chi connectivity index (χ3n) is 6.07. The maximum atomic E-state index is 13.9. The summed E-state index contributed by atoms with van der Waals surface area (Å²) in [5.74, 6) is -0.958. The van der Waals surface area contributed by atoms with Crippen molar-refractivity contribution < 1.29 is 18.0 Å². The summed E-state index contributed by atoms with van der Waals surface area (Å²) in [6, 6.07) is 16.4. The summed E-state index contributed by atoms with van der Waals surface area (Å²) in [5.41, 5.74) is 1.70. The molecule has 0 bridgehead atoms. The van der Waals surface area contributed by atoms with Crippen molar-refractivity contribution in [2.45, 2.75) is 44.7 Å². The van der Waals surface area contributed by atoms with Crippen LogP contribution in [0.1, 0.15) is 31.4 Å². The molecule has 0 aliphatic carbocycles. The lowest BCUT2D eigenvalue weighted by Gasteiger charge is -2.32. The lowest BCUT2D eigenvalue weighted by atomic mass is 10.1. The molecular formula is C28H30Cl3N3O4S. The van der Waals surface area contributed by atoms with Crippen LogP contribution in [0.2, 0.25) is 15.1 Å². The van der Waals surface area contributed by atoms with Crippen LogP contribution in [-0.2, 0) is 26.2 Å². The van der Waals surface area contributed by atoms with Crippen molar-refractivity contribution in [1.29, 1.82) is 0 Å². The molecule has 0 radical (unpaired) electrons. The lowest BCUT2D eigenvalue weighted by molar-refractivity contribution is -0.139. The second kappa shape index (κ2) is 13.5. The molecule has 1 atom stereocenters. The minimum atomic E-state index is -4.16. The van der Waals surface area contributed by atoms with Gasteiger partial charge in [0, 0.05) is 28.2 Å². The number of benzene rings is 3. The number of carbonyl (C=O) groups excluding carboxylic acids is 2. The van der Waals surface area contributed by atoms with E-state index >= 15 is 0 Å². The molecule has 2 amide bonds. The van der Waals surface area contributed by atoms with Gasteiger partial charge in [0.15, 0.2) is 0 Å². The first-order valence-corrected chi connectivity index (χ1v) is 14.9. The zero-order chi connectivity index (χ0) is 28.7. The molecule has 0 saturated carbocycles. The lowest BCUT2D eigenvalue weighted by Crippen LogP contribution is -2.51. The molecule has 1 N–H and O–H groups in total. The Hall–Kier alpha value is -2.78. The van der Waals surface area contributed by atoms with E-state index in [-0.39, 0.29) is 23.0 Å². The van der Waals surface area contributed by atoms with Crippen LogP contribution in [0.15, 0.2) is 71.6 Å². The fourth-order valence-electron chi connectivity index (χ4n) is 3.79. The fourth-order valence-corrected chi connectivity index (χ4v) is 5.79. The second-order valence-corrected chi connectivity index (χ2v) is 12.2. The monoisotopic (exact) mass is 609 g/mol. The zero-order valence-electron chi connectivity index (χ0n) is 21.8. The number of anilines is 1. The molecule has 0 fully saturated rings. The van der Waals surface area contributed by atoms with Crippen molar-refractivity contribution >= 4 is 62.3 Å². The topological polar surface area (TPSA) is 86.8 Å². The van der Waals surface area contributed by atoms with Gasteiger partial charge in [-0.1, -0.05) is 65.5 Å². The molecule has 3 rings (SSSR count). The largest absolute Gasteiger partial charge is 0.354 e. The van der Waals surface area contributed by atoms with E-state index in [1.807, 2.05) is 13.8 Å². The number of halogens is 3. The Morgan fingerprint density at radius 2 is 1.54 bits per heavy atom. The van der Waals surface area contributed by atoms with Gasteiger partial charge in [-0.2, -0.15) is 0 Å². The van der Waals surface area contributed by atoms with Crippen molar-refractivity contribution in [3.63, 3.8) is 0 Å². The molecule has 7 nitrogen and oxygen atoms in total. The molecule has 0 aliphatic heterocycles. The minimum absolute atomic E-state index is 0.0249. The highest BCUT2D eigenvalue weighted by atomic mass is 35.5. The molecule has 0 heterocycles. The maximum absolute atomic E-state index is 13.9. The number of rotatable bonds is 11. The highest BCUT2D eigenvalue weighted by molar-refractivity contribution is 7.92. The highest BCUT2D eigenvalue weighted by Crippen LogP contribution is 2.27. The molecule has 39 heavy (non-hydrogen) atoms. The Balaban J connectivity index is 2.03. The fraction of sp³-hybridized carbons (Fsp3) is 0.286. The van der Waals surface area contributed by atoms with Crippen molar-refractivity contribution in [3.05, 3.63) is 92.9 Å². The van der Waals surface area contributed by atoms with E-state index in [0.717, 1.165) is 9.87 Å². The SMILES string of the molecule is CCCNC(=O)C(C)N(Cc1ccc(Cl)cc1Cl)C(=O)CN(c1ccc(Cl)cc1)S(=O)(=O)c1ccc(C)cc1. The summed E-state index contributed by atoms with van der Waals surface area (Å²) in [6.07, 6.45) is 0.717. The number of amides is 2. The van der Waals surface area contributed by atoms with Crippen molar-refractivity contribution in [3.8, 4) is 0 Å². The third kappa shape index (κ3) is 7.88. The van der Waals surface area contributed by atoms with E-state index in [1.165, 1.54) is 29.2 Å². The molecule has 208 valence electrons. The number of aryl methyl sites for hydroxylation is 1. The average molecular weight is 611 g/mol. The van der Waals surface area contributed by atoms with Crippen LogP contribution in [0, 0.1) is 6.92 Å². The summed E-state index contributed by atoms with van der Waals surface area (Å²) >= 11 is 18.5. The summed E-state index contributed by atoms with van der Waals surface area (Å²) in [7, 11) is -4.16. The maximum Gasteiger partial charge on any atom is 0.264 e. The number of nitrogens with zero attached hydrogens (tertiary/aromatic N) is 2. The van der Waals surface area contributed by atoms with Crippen LogP contribution >= 0.6 is 34.8 Å². The van der Waals surface area contributed by atoms with Crippen molar-refractivity contribution in [1.82, 2.24) is 10.2 Å². The first kappa shape index (κ1) is 30.8. The van der Waals surface area contributed by atoms with Gasteiger partial charge in [-0.25, -0.2) is 8.42 Å². The van der Waals surface area contributed by atoms with Gasteiger partial charge in [0.2, 0.25) is 11.8 Å². The number of nitrogens with one attached hydrogen (secondary N) is 1. The van der Waals surface area contributed by atoms with Crippen LogP contribution in [-0.4, -0.2) is 44.3 Å². The molecule has 0 aromatic heterocycles. The summed E-state index contributed by atoms with van der Waals surface area (Å²) in [4.78, 5) is 28.1. The van der Waals surface area contributed by atoms with Crippen LogP contribution in [0.4, 0.5) is 5.69 Å². The van der Waals surface area contributed by atoms with E-state index in [2.05, 4.69) is 5.32 Å². The number of carbonyl (C=O) groups is 2. The van der Waals surface area contributed by atoms with Gasteiger partial charge in [0.1, 0.15) is 12.6 Å². The standard InChI is InChI=1S/C28H30Cl3N3O4S/c1-4-15-32-28(36)20(3)33(17-21-7-8-23(30)16-26(21)31)27(35)18-34(24-11-9-22(29)10-12-24)39(37,38)25-13-5-19(2)6-14-25/h5-14,16,20H,4,15,17-18H2,1-3H3,(H,32,36). The number of hydrogen-bond acceptors (Lipinski definition) is 4. The molecule has 3 aromatic carbocycles. The van der Waals surface area contributed by atoms with Gasteiger partial charge in [-0.05, 0) is 74.4 Å². The Kier molecular flexibility index (Phi) is 10.7. The van der Waals surface area contributed by atoms with Crippen LogP contribution < -0.4 is 9.62 Å². The second-order valence-electron chi connectivity index (χ2n) is 9.03. The van der Waals surface area contributed by atoms with E-state index < -0.39 is 28.5 Å². The van der Waals surface area contributed by atoms with E-state index in [4.69, 9.17) is 34.8 Å². The molecule has 0 saturated heterocycles. The quantitative estimate of drug-likeness (QED) is 0.285. The molecular weight excluding hydrogens is 581 g/mol. The molecule has 1 unspecified atom stereocenters. The molecule has 0 spiro atoms. The van der Waals surface area contributed by atoms with Gasteiger partial charge in [-0.3, -0.25) is 13.9 Å². The first-order chi connectivity index (χ1) is 18.4. The molecule has 11 heteroatoms. The van der Waals surface area contributed by atoms with Gasteiger partial charge in [0.25, 0.3) is 10.0 Å². The predicted molar refractivity (Wildman–Crippen MR) is 157 cm³/mol. The Labute approximate surface area is 244 Å². The molecule has 0 aliphatic rings. The van der Waals surface area contributed by atoms with Gasteiger partial charge < -0.3 is 10.2 Å². The minimum Gasteiger partial charge on any atom is -0.354 e. The Morgan fingerprint density at radius 3 is 2.13 bits per heavy atom. The normalized spacial score (nSPS) is 12.1. The summed E-state index contributed by atoms with van der Waals surface area (Å²) < 4.78 is 28.6. The summed E-state index contributed by atoms with van der Waals surface area (Å²) in [5, 5.41) is 3.96. The summed E-state index contributed by atoms with van der Waals surface area (Å²) in [6.45, 7) is 5.20. The molecule has 3 aromatic rings. The van der Waals surface area contributed by atoms with Crippen LogP contribution in [0.25, 0.3) is 0 Å². The number of sulfonamides is 1.